The van der Waals surface area contributed by atoms with E-state index in [2.05, 4.69) is 37.2 Å². The molecule has 1 saturated carbocycles. The minimum atomic E-state index is -0.131. The van der Waals surface area contributed by atoms with E-state index in [4.69, 9.17) is 10.5 Å². The summed E-state index contributed by atoms with van der Waals surface area (Å²) in [5.74, 6) is 0.969. The largest absolute Gasteiger partial charge is 0.496 e. The van der Waals surface area contributed by atoms with Crippen LogP contribution in [0.5, 0.6) is 5.75 Å². The smallest absolute Gasteiger partial charge is 0.128 e. The van der Waals surface area contributed by atoms with Crippen LogP contribution in [0.1, 0.15) is 24.0 Å². The van der Waals surface area contributed by atoms with Crippen molar-refractivity contribution in [2.24, 2.45) is 5.73 Å². The number of benzene rings is 1. The van der Waals surface area contributed by atoms with Gasteiger partial charge in [-0.15, -0.1) is 0 Å². The third-order valence-electron chi connectivity index (χ3n) is 3.11. The summed E-state index contributed by atoms with van der Waals surface area (Å²) in [5.41, 5.74) is 8.49. The van der Waals surface area contributed by atoms with Gasteiger partial charge >= 0.3 is 0 Å². The molecule has 2 rings (SSSR count). The highest BCUT2D eigenvalue weighted by Crippen LogP contribution is 2.47. The van der Waals surface area contributed by atoms with Crippen LogP contribution in [0.15, 0.2) is 18.2 Å². The normalized spacial score (nSPS) is 17.6. The molecule has 0 saturated heterocycles. The third kappa shape index (κ3) is 2.06. The van der Waals surface area contributed by atoms with Gasteiger partial charge in [-0.1, -0.05) is 18.2 Å². The number of rotatable bonds is 4. The lowest BCUT2D eigenvalue weighted by atomic mass is 10.0. The molecule has 0 amide bonds. The van der Waals surface area contributed by atoms with E-state index in [9.17, 15) is 0 Å². The Bertz CT molecular complexity index is 384. The molecule has 1 aliphatic rings. The second-order valence-corrected chi connectivity index (χ2v) is 4.89. The van der Waals surface area contributed by atoms with Crippen LogP contribution in [0, 0.1) is 0 Å². The Kier molecular flexibility index (Phi) is 2.91. The lowest BCUT2D eigenvalue weighted by Crippen LogP contribution is -2.21. The molecule has 2 N–H and O–H groups in total. The average Bonchev–Trinajstić information content (AvgIpc) is 2.96. The van der Waals surface area contributed by atoms with Crippen molar-refractivity contribution in [2.75, 3.05) is 21.2 Å². The SMILES string of the molecule is COc1c(CN(C)C)cccc1C1(N)CC1. The molecule has 0 unspecified atom stereocenters. The van der Waals surface area contributed by atoms with Gasteiger partial charge in [0.2, 0.25) is 0 Å². The molecule has 0 heterocycles. The van der Waals surface area contributed by atoms with Crippen molar-refractivity contribution < 1.29 is 4.74 Å². The first kappa shape index (κ1) is 11.4. The van der Waals surface area contributed by atoms with E-state index in [1.54, 1.807) is 7.11 Å². The number of para-hydroxylation sites is 1. The standard InChI is InChI=1S/C13H20N2O/c1-15(2)9-10-5-4-6-11(12(10)16-3)13(14)7-8-13/h4-6H,7-9,14H2,1-3H3. The van der Waals surface area contributed by atoms with Gasteiger partial charge in [0.25, 0.3) is 0 Å². The molecule has 3 heteroatoms. The average molecular weight is 220 g/mol. The van der Waals surface area contributed by atoms with Crippen molar-refractivity contribution in [2.45, 2.75) is 24.9 Å². The van der Waals surface area contributed by atoms with Crippen LogP contribution in [0.25, 0.3) is 0 Å². The fourth-order valence-electron chi connectivity index (χ4n) is 2.09. The van der Waals surface area contributed by atoms with Crippen LogP contribution >= 0.6 is 0 Å². The first-order chi connectivity index (χ1) is 7.57. The molecule has 0 spiro atoms. The Morgan fingerprint density at radius 2 is 2.06 bits per heavy atom. The molecular weight excluding hydrogens is 200 g/mol. The highest BCUT2D eigenvalue weighted by atomic mass is 16.5. The molecule has 1 aromatic carbocycles. The molecule has 88 valence electrons. The number of hydrogen-bond donors (Lipinski definition) is 1. The van der Waals surface area contributed by atoms with E-state index in [-0.39, 0.29) is 5.54 Å². The van der Waals surface area contributed by atoms with Gasteiger partial charge in [0.15, 0.2) is 0 Å². The van der Waals surface area contributed by atoms with Gasteiger partial charge in [-0.05, 0) is 26.9 Å². The number of nitrogens with two attached hydrogens (primary N) is 1. The third-order valence-corrected chi connectivity index (χ3v) is 3.11. The summed E-state index contributed by atoms with van der Waals surface area (Å²) in [4.78, 5) is 2.14. The molecule has 16 heavy (non-hydrogen) atoms. The summed E-state index contributed by atoms with van der Waals surface area (Å²) in [6.45, 7) is 0.882. The van der Waals surface area contributed by atoms with Crippen molar-refractivity contribution in [3.05, 3.63) is 29.3 Å². The summed E-state index contributed by atoms with van der Waals surface area (Å²) in [6, 6.07) is 6.27. The summed E-state index contributed by atoms with van der Waals surface area (Å²) >= 11 is 0. The summed E-state index contributed by atoms with van der Waals surface area (Å²) in [6.07, 6.45) is 2.13. The quantitative estimate of drug-likeness (QED) is 0.839. The molecule has 0 aliphatic heterocycles. The van der Waals surface area contributed by atoms with Gasteiger partial charge in [0.05, 0.1) is 7.11 Å². The predicted octanol–water partition coefficient (Wildman–Crippen LogP) is 1.70. The maximum Gasteiger partial charge on any atom is 0.128 e. The first-order valence-electron chi connectivity index (χ1n) is 5.67. The fraction of sp³-hybridized carbons (Fsp3) is 0.538. The van der Waals surface area contributed by atoms with Crippen LogP contribution in [-0.4, -0.2) is 26.1 Å². The second kappa shape index (κ2) is 4.07. The summed E-state index contributed by atoms with van der Waals surface area (Å²) in [5, 5.41) is 0. The highest BCUT2D eigenvalue weighted by molar-refractivity contribution is 5.47. The maximum atomic E-state index is 6.25. The fourth-order valence-corrected chi connectivity index (χ4v) is 2.09. The summed E-state index contributed by atoms with van der Waals surface area (Å²) < 4.78 is 5.54. The van der Waals surface area contributed by atoms with Gasteiger partial charge in [0, 0.05) is 23.2 Å². The van der Waals surface area contributed by atoms with Crippen molar-refractivity contribution >= 4 is 0 Å². The van der Waals surface area contributed by atoms with Gasteiger partial charge in [-0.25, -0.2) is 0 Å². The van der Waals surface area contributed by atoms with E-state index in [1.165, 1.54) is 5.56 Å². The topological polar surface area (TPSA) is 38.5 Å². The monoisotopic (exact) mass is 220 g/mol. The molecule has 0 radical (unpaired) electrons. The molecule has 0 bridgehead atoms. The zero-order valence-electron chi connectivity index (χ0n) is 10.3. The van der Waals surface area contributed by atoms with Gasteiger partial charge < -0.3 is 15.4 Å². The van der Waals surface area contributed by atoms with Crippen molar-refractivity contribution in [3.63, 3.8) is 0 Å². The Labute approximate surface area is 97.2 Å². The van der Waals surface area contributed by atoms with E-state index in [1.807, 2.05) is 0 Å². The van der Waals surface area contributed by atoms with Crippen molar-refractivity contribution in [1.29, 1.82) is 0 Å². The number of nitrogens with zero attached hydrogens (tertiary/aromatic N) is 1. The first-order valence-corrected chi connectivity index (χ1v) is 5.67. The van der Waals surface area contributed by atoms with Crippen LogP contribution in [0.3, 0.4) is 0 Å². The lowest BCUT2D eigenvalue weighted by molar-refractivity contribution is 0.366. The van der Waals surface area contributed by atoms with Crippen LogP contribution in [-0.2, 0) is 12.1 Å². The Morgan fingerprint density at radius 1 is 1.38 bits per heavy atom. The predicted molar refractivity (Wildman–Crippen MR) is 65.5 cm³/mol. The van der Waals surface area contributed by atoms with E-state index in [0.717, 1.165) is 30.7 Å². The minimum Gasteiger partial charge on any atom is -0.496 e. The van der Waals surface area contributed by atoms with Crippen molar-refractivity contribution in [1.82, 2.24) is 4.90 Å². The summed E-state index contributed by atoms with van der Waals surface area (Å²) in [7, 11) is 5.84. The minimum absolute atomic E-state index is 0.131. The Balaban J connectivity index is 2.38. The Hall–Kier alpha value is -1.06. The number of ether oxygens (including phenoxy) is 1. The van der Waals surface area contributed by atoms with Gasteiger partial charge in [-0.3, -0.25) is 0 Å². The molecule has 3 nitrogen and oxygen atoms in total. The van der Waals surface area contributed by atoms with E-state index < -0.39 is 0 Å². The number of methoxy groups -OCH3 is 1. The van der Waals surface area contributed by atoms with Gasteiger partial charge in [-0.2, -0.15) is 0 Å². The Morgan fingerprint density at radius 3 is 2.56 bits per heavy atom. The van der Waals surface area contributed by atoms with Crippen LogP contribution in [0.2, 0.25) is 0 Å². The molecule has 1 fully saturated rings. The van der Waals surface area contributed by atoms with Crippen molar-refractivity contribution in [3.8, 4) is 5.75 Å². The second-order valence-electron chi connectivity index (χ2n) is 4.89. The van der Waals surface area contributed by atoms with Gasteiger partial charge in [0.1, 0.15) is 5.75 Å². The molecule has 1 aromatic rings. The zero-order valence-corrected chi connectivity index (χ0v) is 10.3. The molecule has 0 aromatic heterocycles. The van der Waals surface area contributed by atoms with E-state index in [0.29, 0.717) is 0 Å². The maximum absolute atomic E-state index is 6.25. The zero-order chi connectivity index (χ0) is 11.8. The van der Waals surface area contributed by atoms with Crippen LogP contribution < -0.4 is 10.5 Å². The van der Waals surface area contributed by atoms with E-state index >= 15 is 0 Å². The van der Waals surface area contributed by atoms with Crippen LogP contribution in [0.4, 0.5) is 0 Å². The highest BCUT2D eigenvalue weighted by Gasteiger charge is 2.42. The number of hydrogen-bond acceptors (Lipinski definition) is 3. The molecular formula is C13H20N2O. The lowest BCUT2D eigenvalue weighted by Gasteiger charge is -2.19. The molecule has 1 aliphatic carbocycles. The molecule has 0 atom stereocenters.